The number of nitrogens with zero attached hydrogens (tertiary/aromatic N) is 1. The van der Waals surface area contributed by atoms with E-state index in [1.807, 2.05) is 0 Å². The van der Waals surface area contributed by atoms with E-state index in [9.17, 15) is 0 Å². The topological polar surface area (TPSA) is 38.5 Å². The van der Waals surface area contributed by atoms with Crippen LogP contribution in [-0.4, -0.2) is 42.8 Å². The molecule has 4 unspecified atom stereocenters. The molecule has 2 aliphatic rings. The molecule has 1 aliphatic heterocycles. The molecule has 19 heavy (non-hydrogen) atoms. The van der Waals surface area contributed by atoms with Crippen LogP contribution in [0.2, 0.25) is 0 Å². The molecular formula is C16H32N2O. The molecule has 1 saturated carbocycles. The minimum Gasteiger partial charge on any atom is -0.377 e. The van der Waals surface area contributed by atoms with Crippen molar-refractivity contribution >= 4 is 0 Å². The molecule has 1 heterocycles. The molecule has 2 fully saturated rings. The Morgan fingerprint density at radius 1 is 1.26 bits per heavy atom. The monoisotopic (exact) mass is 268 g/mol. The van der Waals surface area contributed by atoms with Gasteiger partial charge in [0.1, 0.15) is 0 Å². The van der Waals surface area contributed by atoms with Gasteiger partial charge in [0.25, 0.3) is 0 Å². The summed E-state index contributed by atoms with van der Waals surface area (Å²) in [6.07, 6.45) is 9.45. The van der Waals surface area contributed by atoms with Gasteiger partial charge in [0, 0.05) is 24.7 Å². The average Bonchev–Trinajstić information content (AvgIpc) is 2.74. The van der Waals surface area contributed by atoms with Gasteiger partial charge in [-0.25, -0.2) is 0 Å². The summed E-state index contributed by atoms with van der Waals surface area (Å²) < 4.78 is 5.76. The molecule has 2 rings (SSSR count). The highest BCUT2D eigenvalue weighted by Crippen LogP contribution is 2.37. The summed E-state index contributed by atoms with van der Waals surface area (Å²) in [5.41, 5.74) is 6.44. The summed E-state index contributed by atoms with van der Waals surface area (Å²) in [6.45, 7) is 6.25. The summed E-state index contributed by atoms with van der Waals surface area (Å²) in [5, 5.41) is 0. The van der Waals surface area contributed by atoms with Crippen molar-refractivity contribution in [1.29, 1.82) is 0 Å². The Balaban J connectivity index is 2.08. The molecule has 3 nitrogen and oxygen atoms in total. The largest absolute Gasteiger partial charge is 0.377 e. The van der Waals surface area contributed by atoms with Gasteiger partial charge >= 0.3 is 0 Å². The van der Waals surface area contributed by atoms with Crippen LogP contribution in [0, 0.1) is 5.92 Å². The van der Waals surface area contributed by atoms with Crippen LogP contribution in [0.25, 0.3) is 0 Å². The van der Waals surface area contributed by atoms with Gasteiger partial charge in [-0.2, -0.15) is 0 Å². The fourth-order valence-electron chi connectivity index (χ4n) is 4.15. The first-order chi connectivity index (χ1) is 9.13. The lowest BCUT2D eigenvalue weighted by atomic mass is 9.85. The smallest absolute Gasteiger partial charge is 0.0703 e. The van der Waals surface area contributed by atoms with E-state index in [2.05, 4.69) is 25.8 Å². The molecule has 0 aromatic carbocycles. The van der Waals surface area contributed by atoms with Crippen molar-refractivity contribution in [3.8, 4) is 0 Å². The van der Waals surface area contributed by atoms with E-state index in [-0.39, 0.29) is 5.54 Å². The van der Waals surface area contributed by atoms with Crippen LogP contribution in [0.4, 0.5) is 0 Å². The van der Waals surface area contributed by atoms with Crippen molar-refractivity contribution in [2.75, 3.05) is 20.2 Å². The lowest BCUT2D eigenvalue weighted by Crippen LogP contribution is -2.57. The van der Waals surface area contributed by atoms with Gasteiger partial charge in [0.2, 0.25) is 0 Å². The number of hydrogen-bond acceptors (Lipinski definition) is 3. The zero-order chi connectivity index (χ0) is 13.9. The molecule has 1 aliphatic carbocycles. The van der Waals surface area contributed by atoms with Crippen molar-refractivity contribution in [3.63, 3.8) is 0 Å². The zero-order valence-electron chi connectivity index (χ0n) is 13.0. The average molecular weight is 268 g/mol. The standard InChI is InChI=1S/C16H32N2O/c1-4-14-6-5-9-16(12-17,10-7-14)18(3)15-8-11-19-13(15)2/h13-15H,4-12,17H2,1-3H3. The highest BCUT2D eigenvalue weighted by Gasteiger charge is 2.41. The van der Waals surface area contributed by atoms with Crippen molar-refractivity contribution in [2.45, 2.75) is 76.5 Å². The second kappa shape index (κ2) is 6.55. The van der Waals surface area contributed by atoms with Crippen LogP contribution >= 0.6 is 0 Å². The first-order valence-corrected chi connectivity index (χ1v) is 8.17. The Hall–Kier alpha value is -0.120. The van der Waals surface area contributed by atoms with E-state index in [1.54, 1.807) is 0 Å². The number of rotatable bonds is 4. The van der Waals surface area contributed by atoms with Crippen LogP contribution in [0.15, 0.2) is 0 Å². The van der Waals surface area contributed by atoms with E-state index in [4.69, 9.17) is 10.5 Å². The lowest BCUT2D eigenvalue weighted by Gasteiger charge is -2.45. The predicted octanol–water partition coefficient (Wildman–Crippen LogP) is 2.78. The quantitative estimate of drug-likeness (QED) is 0.797. The van der Waals surface area contributed by atoms with Crippen molar-refractivity contribution in [3.05, 3.63) is 0 Å². The van der Waals surface area contributed by atoms with Gasteiger partial charge in [-0.05, 0) is 45.6 Å². The third-order valence-corrected chi connectivity index (χ3v) is 5.81. The van der Waals surface area contributed by atoms with Crippen molar-refractivity contribution in [2.24, 2.45) is 11.7 Å². The second-order valence-corrected chi connectivity index (χ2v) is 6.68. The lowest BCUT2D eigenvalue weighted by molar-refractivity contribution is 0.0198. The summed E-state index contributed by atoms with van der Waals surface area (Å²) >= 11 is 0. The van der Waals surface area contributed by atoms with E-state index >= 15 is 0 Å². The molecule has 0 aromatic rings. The Morgan fingerprint density at radius 3 is 2.63 bits per heavy atom. The SMILES string of the molecule is CCC1CCCC(CN)(N(C)C2CCOC2C)CC1. The van der Waals surface area contributed by atoms with Gasteiger partial charge in [0.15, 0.2) is 0 Å². The second-order valence-electron chi connectivity index (χ2n) is 6.68. The van der Waals surface area contributed by atoms with Gasteiger partial charge in [-0.15, -0.1) is 0 Å². The van der Waals surface area contributed by atoms with Crippen LogP contribution in [0.5, 0.6) is 0 Å². The maximum atomic E-state index is 6.23. The van der Waals surface area contributed by atoms with Crippen LogP contribution in [0.3, 0.4) is 0 Å². The molecule has 0 spiro atoms. The molecule has 0 radical (unpaired) electrons. The Kier molecular flexibility index (Phi) is 5.27. The first-order valence-electron chi connectivity index (χ1n) is 8.17. The maximum absolute atomic E-state index is 6.23. The molecule has 0 aromatic heterocycles. The van der Waals surface area contributed by atoms with Gasteiger partial charge in [-0.1, -0.05) is 26.2 Å². The van der Waals surface area contributed by atoms with E-state index in [0.717, 1.165) is 25.5 Å². The summed E-state index contributed by atoms with van der Waals surface area (Å²) in [7, 11) is 2.29. The predicted molar refractivity (Wildman–Crippen MR) is 80.2 cm³/mol. The van der Waals surface area contributed by atoms with Crippen LogP contribution < -0.4 is 5.73 Å². The Morgan fingerprint density at radius 2 is 2.05 bits per heavy atom. The minimum absolute atomic E-state index is 0.219. The highest BCUT2D eigenvalue weighted by molar-refractivity contribution is 4.97. The third-order valence-electron chi connectivity index (χ3n) is 5.81. The van der Waals surface area contributed by atoms with Gasteiger partial charge in [0.05, 0.1) is 6.10 Å². The molecule has 3 heteroatoms. The molecule has 112 valence electrons. The molecule has 0 bridgehead atoms. The Labute approximate surface area is 118 Å². The van der Waals surface area contributed by atoms with Crippen molar-refractivity contribution in [1.82, 2.24) is 4.90 Å². The fraction of sp³-hybridized carbons (Fsp3) is 1.00. The van der Waals surface area contributed by atoms with Gasteiger partial charge in [-0.3, -0.25) is 4.90 Å². The van der Waals surface area contributed by atoms with E-state index < -0.39 is 0 Å². The number of ether oxygens (including phenoxy) is 1. The molecule has 0 amide bonds. The van der Waals surface area contributed by atoms with Crippen LogP contribution in [-0.2, 0) is 4.74 Å². The number of nitrogens with two attached hydrogens (primary N) is 1. The maximum Gasteiger partial charge on any atom is 0.0703 e. The normalized spacial score (nSPS) is 40.6. The third kappa shape index (κ3) is 3.14. The van der Waals surface area contributed by atoms with Crippen LogP contribution in [0.1, 0.15) is 58.8 Å². The summed E-state index contributed by atoms with van der Waals surface area (Å²) in [6, 6.07) is 0.557. The molecule has 2 N–H and O–H groups in total. The summed E-state index contributed by atoms with van der Waals surface area (Å²) in [5.74, 6) is 0.916. The minimum atomic E-state index is 0.219. The fourth-order valence-corrected chi connectivity index (χ4v) is 4.15. The Bertz CT molecular complexity index is 284. The molecular weight excluding hydrogens is 236 g/mol. The summed E-state index contributed by atoms with van der Waals surface area (Å²) in [4.78, 5) is 2.59. The number of likely N-dealkylation sites (N-methyl/N-ethyl adjacent to an activating group) is 1. The van der Waals surface area contributed by atoms with E-state index in [1.165, 1.54) is 38.5 Å². The first kappa shape index (κ1) is 15.3. The van der Waals surface area contributed by atoms with E-state index in [0.29, 0.717) is 12.1 Å². The zero-order valence-corrected chi connectivity index (χ0v) is 13.0. The molecule has 4 atom stereocenters. The van der Waals surface area contributed by atoms with Gasteiger partial charge < -0.3 is 10.5 Å². The molecule has 1 saturated heterocycles. The highest BCUT2D eigenvalue weighted by atomic mass is 16.5. The van der Waals surface area contributed by atoms with Crippen molar-refractivity contribution < 1.29 is 4.74 Å². The number of hydrogen-bond donors (Lipinski definition) is 1.